The normalized spacial score (nSPS) is 11.6. The third-order valence-electron chi connectivity index (χ3n) is 2.89. The number of aliphatic carboxylic acids is 1. The molecule has 17 heavy (non-hydrogen) atoms. The molecule has 0 radical (unpaired) electrons. The fraction of sp³-hybridized carbons (Fsp3) is 0.286. The number of hydrogen-bond acceptors (Lipinski definition) is 2. The fourth-order valence-electron chi connectivity index (χ4n) is 1.82. The molecule has 3 nitrogen and oxygen atoms in total. The largest absolute Gasteiger partial charge is 0.481 e. The lowest BCUT2D eigenvalue weighted by Gasteiger charge is -2.19. The van der Waals surface area contributed by atoms with Gasteiger partial charge in [0, 0.05) is 11.6 Å². The van der Waals surface area contributed by atoms with Gasteiger partial charge in [-0.3, -0.25) is 9.78 Å². The van der Waals surface area contributed by atoms with Gasteiger partial charge in [-0.05, 0) is 44.0 Å². The lowest BCUT2D eigenvalue weighted by atomic mass is 9.85. The monoisotopic (exact) mass is 229 g/mol. The number of fused-ring (bicyclic) bond motifs is 1. The highest BCUT2D eigenvalue weighted by Gasteiger charge is 2.27. The first kappa shape index (κ1) is 11.6. The van der Waals surface area contributed by atoms with Gasteiger partial charge in [0.05, 0.1) is 10.9 Å². The van der Waals surface area contributed by atoms with E-state index in [0.29, 0.717) is 6.42 Å². The summed E-state index contributed by atoms with van der Waals surface area (Å²) in [5, 5.41) is 10.2. The van der Waals surface area contributed by atoms with Gasteiger partial charge in [0.1, 0.15) is 0 Å². The first-order chi connectivity index (χ1) is 7.99. The van der Waals surface area contributed by atoms with Gasteiger partial charge in [-0.25, -0.2) is 0 Å². The molecule has 0 saturated carbocycles. The van der Waals surface area contributed by atoms with Crippen LogP contribution in [0.2, 0.25) is 0 Å². The van der Waals surface area contributed by atoms with Gasteiger partial charge < -0.3 is 5.11 Å². The number of rotatable bonds is 3. The van der Waals surface area contributed by atoms with E-state index in [2.05, 4.69) is 4.98 Å². The third-order valence-corrected chi connectivity index (χ3v) is 2.89. The second-order valence-corrected chi connectivity index (χ2v) is 4.90. The summed E-state index contributed by atoms with van der Waals surface area (Å²) in [5.41, 5.74) is 1.22. The summed E-state index contributed by atoms with van der Waals surface area (Å²) in [5.74, 6) is -0.774. The van der Waals surface area contributed by atoms with E-state index >= 15 is 0 Å². The minimum atomic E-state index is -0.774. The van der Waals surface area contributed by atoms with E-state index in [-0.39, 0.29) is 0 Å². The predicted molar refractivity (Wildman–Crippen MR) is 66.9 cm³/mol. The Balaban J connectivity index is 2.34. The molecular weight excluding hydrogens is 214 g/mol. The van der Waals surface area contributed by atoms with E-state index in [9.17, 15) is 4.79 Å². The van der Waals surface area contributed by atoms with Crippen LogP contribution in [0.1, 0.15) is 19.4 Å². The van der Waals surface area contributed by atoms with E-state index in [4.69, 9.17) is 5.11 Å². The van der Waals surface area contributed by atoms with Crippen LogP contribution in [0.25, 0.3) is 10.9 Å². The second-order valence-electron chi connectivity index (χ2n) is 4.90. The Morgan fingerprint density at radius 1 is 1.35 bits per heavy atom. The maximum Gasteiger partial charge on any atom is 0.309 e. The van der Waals surface area contributed by atoms with Crippen LogP contribution in [0.4, 0.5) is 0 Å². The molecule has 0 aliphatic heterocycles. The molecule has 0 saturated heterocycles. The average molecular weight is 229 g/mol. The molecule has 3 heteroatoms. The van der Waals surface area contributed by atoms with Gasteiger partial charge in [0.25, 0.3) is 0 Å². The summed E-state index contributed by atoms with van der Waals surface area (Å²) in [6.45, 7) is 3.48. The van der Waals surface area contributed by atoms with Crippen LogP contribution < -0.4 is 0 Å². The summed E-state index contributed by atoms with van der Waals surface area (Å²) >= 11 is 0. The first-order valence-electron chi connectivity index (χ1n) is 5.56. The second kappa shape index (κ2) is 4.17. The molecule has 0 unspecified atom stereocenters. The van der Waals surface area contributed by atoms with Gasteiger partial charge >= 0.3 is 5.97 Å². The zero-order chi connectivity index (χ0) is 12.5. The maximum absolute atomic E-state index is 11.1. The van der Waals surface area contributed by atoms with E-state index in [0.717, 1.165) is 16.5 Å². The molecule has 0 aliphatic rings. The van der Waals surface area contributed by atoms with Crippen molar-refractivity contribution in [2.75, 3.05) is 0 Å². The Morgan fingerprint density at radius 2 is 2.12 bits per heavy atom. The first-order valence-corrected chi connectivity index (χ1v) is 5.56. The van der Waals surface area contributed by atoms with Crippen LogP contribution in [-0.2, 0) is 11.2 Å². The van der Waals surface area contributed by atoms with E-state index in [1.54, 1.807) is 20.0 Å². The van der Waals surface area contributed by atoms with Crippen molar-refractivity contribution < 1.29 is 9.90 Å². The summed E-state index contributed by atoms with van der Waals surface area (Å²) in [6.07, 6.45) is 2.27. The molecule has 1 N–H and O–H groups in total. The summed E-state index contributed by atoms with van der Waals surface area (Å²) < 4.78 is 0. The molecule has 1 aromatic heterocycles. The summed E-state index contributed by atoms with van der Waals surface area (Å²) in [4.78, 5) is 15.3. The Hall–Kier alpha value is -1.90. The van der Waals surface area contributed by atoms with Crippen molar-refractivity contribution in [1.82, 2.24) is 4.98 Å². The number of carbonyl (C=O) groups is 1. The molecule has 1 aromatic carbocycles. The topological polar surface area (TPSA) is 50.2 Å². The minimum absolute atomic E-state index is 0.521. The summed E-state index contributed by atoms with van der Waals surface area (Å²) in [7, 11) is 0. The molecule has 1 heterocycles. The van der Waals surface area contributed by atoms with Crippen molar-refractivity contribution in [3.05, 3.63) is 42.1 Å². The molecule has 0 fully saturated rings. The van der Waals surface area contributed by atoms with Gasteiger partial charge in [0.2, 0.25) is 0 Å². The number of nitrogens with zero attached hydrogens (tertiary/aromatic N) is 1. The van der Waals surface area contributed by atoms with Crippen LogP contribution >= 0.6 is 0 Å². The van der Waals surface area contributed by atoms with Crippen LogP contribution in [-0.4, -0.2) is 16.1 Å². The molecule has 0 bridgehead atoms. The van der Waals surface area contributed by atoms with Crippen molar-refractivity contribution in [2.24, 2.45) is 5.41 Å². The number of aromatic nitrogens is 1. The molecule has 0 amide bonds. The van der Waals surface area contributed by atoms with Gasteiger partial charge in [-0.1, -0.05) is 12.1 Å². The molecule has 0 spiro atoms. The SMILES string of the molecule is CC(C)(Cc1ccc2ncccc2c1)C(=O)O. The van der Waals surface area contributed by atoms with E-state index in [1.165, 1.54) is 0 Å². The van der Waals surface area contributed by atoms with E-state index in [1.807, 2.05) is 30.3 Å². The van der Waals surface area contributed by atoms with Gasteiger partial charge in [0.15, 0.2) is 0 Å². The molecular formula is C14H15NO2. The molecule has 2 rings (SSSR count). The smallest absolute Gasteiger partial charge is 0.309 e. The Labute approximate surface area is 100 Å². The molecule has 2 aromatic rings. The van der Waals surface area contributed by atoms with Crippen LogP contribution in [0.15, 0.2) is 36.5 Å². The maximum atomic E-state index is 11.1. The third kappa shape index (κ3) is 2.44. The van der Waals surface area contributed by atoms with Crippen molar-refractivity contribution >= 4 is 16.9 Å². The standard InChI is InChI=1S/C14H15NO2/c1-14(2,13(16)17)9-10-5-6-12-11(8-10)4-3-7-15-12/h3-8H,9H2,1-2H3,(H,16,17). The lowest BCUT2D eigenvalue weighted by molar-refractivity contribution is -0.146. The number of carboxylic acids is 1. The minimum Gasteiger partial charge on any atom is -0.481 e. The van der Waals surface area contributed by atoms with Crippen molar-refractivity contribution in [3.63, 3.8) is 0 Å². The van der Waals surface area contributed by atoms with Crippen LogP contribution in [0.3, 0.4) is 0 Å². The highest BCUT2D eigenvalue weighted by Crippen LogP contribution is 2.24. The Kier molecular flexibility index (Phi) is 2.84. The summed E-state index contributed by atoms with van der Waals surface area (Å²) in [6, 6.07) is 9.75. The number of hydrogen-bond donors (Lipinski definition) is 1. The van der Waals surface area contributed by atoms with Crippen LogP contribution in [0, 0.1) is 5.41 Å². The highest BCUT2D eigenvalue weighted by atomic mass is 16.4. The van der Waals surface area contributed by atoms with Crippen molar-refractivity contribution in [1.29, 1.82) is 0 Å². The fourth-order valence-corrected chi connectivity index (χ4v) is 1.82. The van der Waals surface area contributed by atoms with Crippen LogP contribution in [0.5, 0.6) is 0 Å². The van der Waals surface area contributed by atoms with Crippen molar-refractivity contribution in [3.8, 4) is 0 Å². The van der Waals surface area contributed by atoms with E-state index < -0.39 is 11.4 Å². The quantitative estimate of drug-likeness (QED) is 0.880. The van der Waals surface area contributed by atoms with Crippen molar-refractivity contribution in [2.45, 2.75) is 20.3 Å². The number of pyridine rings is 1. The zero-order valence-electron chi connectivity index (χ0n) is 9.97. The molecule has 0 aliphatic carbocycles. The highest BCUT2D eigenvalue weighted by molar-refractivity contribution is 5.79. The molecule has 88 valence electrons. The van der Waals surface area contributed by atoms with Gasteiger partial charge in [-0.15, -0.1) is 0 Å². The molecule has 0 atom stereocenters. The average Bonchev–Trinajstić information content (AvgIpc) is 2.28. The Morgan fingerprint density at radius 3 is 2.82 bits per heavy atom. The number of carboxylic acid groups (broad SMARTS) is 1. The zero-order valence-corrected chi connectivity index (χ0v) is 9.97. The Bertz CT molecular complexity index is 561. The van der Waals surface area contributed by atoms with Gasteiger partial charge in [-0.2, -0.15) is 0 Å². The number of benzene rings is 1. The lowest BCUT2D eigenvalue weighted by Crippen LogP contribution is -2.26. The predicted octanol–water partition coefficient (Wildman–Crippen LogP) is 2.89.